The summed E-state index contributed by atoms with van der Waals surface area (Å²) in [4.78, 5) is 0. The van der Waals surface area contributed by atoms with E-state index in [9.17, 15) is 8.42 Å². The first-order valence-electron chi connectivity index (χ1n) is 6.75. The van der Waals surface area contributed by atoms with Crippen LogP contribution in [0, 0.1) is 6.92 Å². The van der Waals surface area contributed by atoms with Gasteiger partial charge in [0.05, 0.1) is 11.3 Å². The Balaban J connectivity index is 2.46. The van der Waals surface area contributed by atoms with Gasteiger partial charge in [-0.1, -0.05) is 18.6 Å². The number of fused-ring (bicyclic) bond motifs is 1. The van der Waals surface area contributed by atoms with Gasteiger partial charge in [-0.15, -0.1) is 0 Å². The van der Waals surface area contributed by atoms with E-state index in [1.807, 2.05) is 38.1 Å². The summed E-state index contributed by atoms with van der Waals surface area (Å²) < 4.78 is 29.4. The van der Waals surface area contributed by atoms with E-state index in [1.165, 1.54) is 6.26 Å². The summed E-state index contributed by atoms with van der Waals surface area (Å²) in [6, 6.07) is 7.54. The number of benzene rings is 1. The van der Waals surface area contributed by atoms with Crippen LogP contribution >= 0.6 is 0 Å². The van der Waals surface area contributed by atoms with Crippen molar-refractivity contribution in [2.24, 2.45) is 0 Å². The Morgan fingerprint density at radius 2 is 2.00 bits per heavy atom. The van der Waals surface area contributed by atoms with Crippen molar-refractivity contribution in [3.63, 3.8) is 0 Å². The first-order valence-corrected chi connectivity index (χ1v) is 8.70. The molecule has 0 radical (unpaired) electrons. The van der Waals surface area contributed by atoms with E-state index >= 15 is 0 Å². The van der Waals surface area contributed by atoms with E-state index in [0.717, 1.165) is 16.5 Å². The van der Waals surface area contributed by atoms with Crippen molar-refractivity contribution in [3.8, 4) is 0 Å². The van der Waals surface area contributed by atoms with Crippen molar-refractivity contribution in [2.75, 3.05) is 12.8 Å². The first kappa shape index (κ1) is 15.1. The lowest BCUT2D eigenvalue weighted by molar-refractivity contribution is 0.424. The van der Waals surface area contributed by atoms with Gasteiger partial charge in [0, 0.05) is 11.6 Å². The van der Waals surface area contributed by atoms with E-state index < -0.39 is 15.1 Å². The predicted octanol–water partition coefficient (Wildman–Crippen LogP) is 2.82. The number of hydrogen-bond acceptors (Lipinski definition) is 4. The minimum Gasteiger partial charge on any atom is -0.459 e. The van der Waals surface area contributed by atoms with Gasteiger partial charge in [0.1, 0.15) is 11.3 Å². The average molecular weight is 295 g/mol. The first-order chi connectivity index (χ1) is 9.32. The second kappa shape index (κ2) is 5.58. The van der Waals surface area contributed by atoms with Gasteiger partial charge >= 0.3 is 0 Å². The largest absolute Gasteiger partial charge is 0.459 e. The third-order valence-electron chi connectivity index (χ3n) is 3.57. The van der Waals surface area contributed by atoms with Crippen LogP contribution in [-0.4, -0.2) is 26.5 Å². The molecular weight excluding hydrogens is 274 g/mol. The van der Waals surface area contributed by atoms with Crippen LogP contribution in [0.1, 0.15) is 31.2 Å². The molecule has 1 aromatic heterocycles. The Kier molecular flexibility index (Phi) is 4.20. The Bertz CT molecular complexity index is 703. The molecule has 20 heavy (non-hydrogen) atoms. The van der Waals surface area contributed by atoms with Gasteiger partial charge in [0.2, 0.25) is 0 Å². The van der Waals surface area contributed by atoms with E-state index in [2.05, 4.69) is 5.32 Å². The molecule has 0 aliphatic carbocycles. The molecule has 0 bridgehead atoms. The topological polar surface area (TPSA) is 59.3 Å². The van der Waals surface area contributed by atoms with Crippen molar-refractivity contribution in [2.45, 2.75) is 32.1 Å². The van der Waals surface area contributed by atoms with Crippen molar-refractivity contribution in [1.82, 2.24) is 5.32 Å². The molecule has 110 valence electrons. The van der Waals surface area contributed by atoms with Gasteiger partial charge in [-0.3, -0.25) is 0 Å². The molecule has 0 aliphatic rings. The summed E-state index contributed by atoms with van der Waals surface area (Å²) in [5, 5.41) is 3.67. The second-order valence-corrected chi connectivity index (χ2v) is 7.66. The SMILES string of the molecule is CCNC(c1cc2cc(C)ccc2o1)C(C)S(C)(=O)=O. The minimum atomic E-state index is -3.14. The number of aryl methyl sites for hydroxylation is 1. The molecule has 0 aliphatic heterocycles. The van der Waals surface area contributed by atoms with Gasteiger partial charge in [0.25, 0.3) is 0 Å². The zero-order chi connectivity index (χ0) is 14.9. The summed E-state index contributed by atoms with van der Waals surface area (Å²) in [6.07, 6.45) is 1.26. The third kappa shape index (κ3) is 3.04. The Morgan fingerprint density at radius 1 is 1.30 bits per heavy atom. The smallest absolute Gasteiger partial charge is 0.152 e. The molecule has 2 aromatic rings. The maximum absolute atomic E-state index is 11.8. The highest BCUT2D eigenvalue weighted by molar-refractivity contribution is 7.91. The normalized spacial score (nSPS) is 15.4. The zero-order valence-corrected chi connectivity index (χ0v) is 13.1. The van der Waals surface area contributed by atoms with Crippen LogP contribution in [0.15, 0.2) is 28.7 Å². The molecule has 0 spiro atoms. The van der Waals surface area contributed by atoms with Gasteiger partial charge in [-0.05, 0) is 38.6 Å². The molecule has 2 unspecified atom stereocenters. The second-order valence-electron chi connectivity index (χ2n) is 5.26. The van der Waals surface area contributed by atoms with E-state index in [4.69, 9.17) is 4.42 Å². The van der Waals surface area contributed by atoms with Crippen molar-refractivity contribution >= 4 is 20.8 Å². The van der Waals surface area contributed by atoms with Crippen LogP contribution in [0.5, 0.6) is 0 Å². The van der Waals surface area contributed by atoms with Crippen molar-refractivity contribution in [1.29, 1.82) is 0 Å². The molecule has 0 fully saturated rings. The number of furan rings is 1. The van der Waals surface area contributed by atoms with E-state index in [0.29, 0.717) is 12.3 Å². The van der Waals surface area contributed by atoms with Crippen molar-refractivity contribution in [3.05, 3.63) is 35.6 Å². The van der Waals surface area contributed by atoms with Gasteiger partial charge in [-0.25, -0.2) is 8.42 Å². The van der Waals surface area contributed by atoms with Crippen LogP contribution in [-0.2, 0) is 9.84 Å². The molecule has 0 saturated heterocycles. The lowest BCUT2D eigenvalue weighted by Crippen LogP contribution is -2.34. The standard InChI is InChI=1S/C15H21NO3S/c1-5-16-15(11(3)20(4,17)18)14-9-12-8-10(2)6-7-13(12)19-14/h6-9,11,15-16H,5H2,1-4H3. The summed E-state index contributed by atoms with van der Waals surface area (Å²) in [5.41, 5.74) is 1.94. The number of nitrogens with one attached hydrogen (secondary N) is 1. The molecule has 1 heterocycles. The number of rotatable bonds is 5. The van der Waals surface area contributed by atoms with Crippen LogP contribution in [0.25, 0.3) is 11.0 Å². The fraction of sp³-hybridized carbons (Fsp3) is 0.467. The highest BCUT2D eigenvalue weighted by atomic mass is 32.2. The number of hydrogen-bond donors (Lipinski definition) is 1. The molecule has 1 aromatic carbocycles. The van der Waals surface area contributed by atoms with Crippen LogP contribution < -0.4 is 5.32 Å². The van der Waals surface area contributed by atoms with Crippen molar-refractivity contribution < 1.29 is 12.8 Å². The van der Waals surface area contributed by atoms with E-state index in [1.54, 1.807) is 6.92 Å². The molecule has 2 atom stereocenters. The molecular formula is C15H21NO3S. The van der Waals surface area contributed by atoms with Crippen LogP contribution in [0.2, 0.25) is 0 Å². The molecule has 2 rings (SSSR count). The fourth-order valence-corrected chi connectivity index (χ4v) is 3.03. The summed E-state index contributed by atoms with van der Waals surface area (Å²) in [6.45, 7) is 6.36. The van der Waals surface area contributed by atoms with Gasteiger partial charge in [-0.2, -0.15) is 0 Å². The lowest BCUT2D eigenvalue weighted by atomic mass is 10.1. The van der Waals surface area contributed by atoms with Crippen LogP contribution in [0.3, 0.4) is 0 Å². The third-order valence-corrected chi connectivity index (χ3v) is 5.19. The lowest BCUT2D eigenvalue weighted by Gasteiger charge is -2.21. The predicted molar refractivity (Wildman–Crippen MR) is 81.7 cm³/mol. The number of sulfone groups is 1. The van der Waals surface area contributed by atoms with Crippen LogP contribution in [0.4, 0.5) is 0 Å². The molecule has 0 amide bonds. The monoisotopic (exact) mass is 295 g/mol. The zero-order valence-electron chi connectivity index (χ0n) is 12.3. The fourth-order valence-electron chi connectivity index (χ4n) is 2.30. The average Bonchev–Trinajstić information content (AvgIpc) is 2.76. The van der Waals surface area contributed by atoms with Gasteiger partial charge in [0.15, 0.2) is 9.84 Å². The maximum Gasteiger partial charge on any atom is 0.152 e. The van der Waals surface area contributed by atoms with Gasteiger partial charge < -0.3 is 9.73 Å². The molecule has 1 N–H and O–H groups in total. The summed E-state index contributed by atoms with van der Waals surface area (Å²) >= 11 is 0. The quantitative estimate of drug-likeness (QED) is 0.921. The Labute approximate surface area is 120 Å². The highest BCUT2D eigenvalue weighted by Gasteiger charge is 2.29. The molecule has 5 heteroatoms. The van der Waals surface area contributed by atoms with E-state index in [-0.39, 0.29) is 6.04 Å². The summed E-state index contributed by atoms with van der Waals surface area (Å²) in [7, 11) is -3.14. The molecule has 4 nitrogen and oxygen atoms in total. The Morgan fingerprint density at radius 3 is 2.60 bits per heavy atom. The highest BCUT2D eigenvalue weighted by Crippen LogP contribution is 2.28. The Hall–Kier alpha value is -1.33. The maximum atomic E-state index is 11.8. The molecule has 0 saturated carbocycles. The minimum absolute atomic E-state index is 0.331. The summed E-state index contributed by atoms with van der Waals surface area (Å²) in [5.74, 6) is 0.672.